The number of para-hydroxylation sites is 1. The Balaban J connectivity index is 1.81. The second kappa shape index (κ2) is 9.36. The summed E-state index contributed by atoms with van der Waals surface area (Å²) in [5.74, 6) is -0.0863. The van der Waals surface area contributed by atoms with Crippen LogP contribution >= 0.6 is 0 Å². The number of tetrazole rings is 1. The summed E-state index contributed by atoms with van der Waals surface area (Å²) in [5, 5.41) is 13.7. The minimum atomic E-state index is -0.576. The number of benzene rings is 1. The van der Waals surface area contributed by atoms with Gasteiger partial charge in [-0.3, -0.25) is 9.59 Å². The number of aryl methyl sites for hydroxylation is 1. The van der Waals surface area contributed by atoms with Crippen molar-refractivity contribution in [2.75, 3.05) is 13.7 Å². The van der Waals surface area contributed by atoms with Gasteiger partial charge >= 0.3 is 5.97 Å². The van der Waals surface area contributed by atoms with Crippen LogP contribution < -0.4 is 10.1 Å². The monoisotopic (exact) mass is 347 g/mol. The first-order valence-electron chi connectivity index (χ1n) is 7.97. The van der Waals surface area contributed by atoms with Gasteiger partial charge in [-0.25, -0.2) is 4.68 Å². The quantitative estimate of drug-likeness (QED) is 0.673. The maximum atomic E-state index is 12.1. The molecule has 1 N–H and O–H groups in total. The van der Waals surface area contributed by atoms with Crippen molar-refractivity contribution in [2.45, 2.75) is 32.9 Å². The van der Waals surface area contributed by atoms with E-state index in [9.17, 15) is 9.59 Å². The van der Waals surface area contributed by atoms with E-state index in [1.165, 1.54) is 7.11 Å². The van der Waals surface area contributed by atoms with Crippen LogP contribution in [0.5, 0.6) is 5.75 Å². The Morgan fingerprint density at radius 2 is 2.08 bits per heavy atom. The van der Waals surface area contributed by atoms with Gasteiger partial charge in [-0.15, -0.1) is 5.10 Å². The third-order valence-electron chi connectivity index (χ3n) is 3.44. The van der Waals surface area contributed by atoms with Crippen LogP contribution in [-0.2, 0) is 22.7 Å². The molecule has 2 rings (SSSR count). The van der Waals surface area contributed by atoms with Crippen molar-refractivity contribution in [2.24, 2.45) is 0 Å². The van der Waals surface area contributed by atoms with Crippen LogP contribution in [0.25, 0.3) is 0 Å². The Bertz CT molecular complexity index is 716. The summed E-state index contributed by atoms with van der Waals surface area (Å²) in [6.45, 7) is 2.43. The average molecular weight is 347 g/mol. The molecule has 0 fully saturated rings. The maximum absolute atomic E-state index is 12.1. The lowest BCUT2D eigenvalue weighted by Gasteiger charge is -2.09. The Hall–Kier alpha value is -2.97. The number of methoxy groups -OCH3 is 1. The second-order valence-corrected chi connectivity index (χ2v) is 5.22. The van der Waals surface area contributed by atoms with Gasteiger partial charge in [-0.05, 0) is 29.0 Å². The smallest absolute Gasteiger partial charge is 0.325 e. The van der Waals surface area contributed by atoms with Gasteiger partial charge in [0, 0.05) is 6.54 Å². The van der Waals surface area contributed by atoms with E-state index >= 15 is 0 Å². The molecule has 134 valence electrons. The van der Waals surface area contributed by atoms with Crippen molar-refractivity contribution >= 4 is 11.9 Å². The minimum absolute atomic E-state index is 0.0416. The van der Waals surface area contributed by atoms with Gasteiger partial charge in [-0.2, -0.15) is 0 Å². The molecule has 0 saturated carbocycles. The van der Waals surface area contributed by atoms with Gasteiger partial charge in [0.1, 0.15) is 12.3 Å². The molecule has 0 aliphatic heterocycles. The first-order chi connectivity index (χ1) is 12.2. The van der Waals surface area contributed by atoms with E-state index in [1.54, 1.807) is 28.9 Å². The lowest BCUT2D eigenvalue weighted by atomic mass is 10.2. The fourth-order valence-electron chi connectivity index (χ4n) is 2.08. The normalized spacial score (nSPS) is 10.3. The zero-order chi connectivity index (χ0) is 18.1. The van der Waals surface area contributed by atoms with E-state index in [0.717, 1.165) is 12.8 Å². The van der Waals surface area contributed by atoms with Crippen molar-refractivity contribution in [1.29, 1.82) is 0 Å². The summed E-state index contributed by atoms with van der Waals surface area (Å²) in [4.78, 5) is 23.9. The number of carbonyl (C=O) groups excluding carboxylic acids is 2. The molecule has 0 bridgehead atoms. The molecule has 9 nitrogen and oxygen atoms in total. The highest BCUT2D eigenvalue weighted by Crippen LogP contribution is 2.16. The highest BCUT2D eigenvalue weighted by molar-refractivity contribution is 5.98. The van der Waals surface area contributed by atoms with E-state index in [1.807, 2.05) is 0 Å². The number of nitrogens with zero attached hydrogens (tertiary/aromatic N) is 4. The zero-order valence-corrected chi connectivity index (χ0v) is 14.3. The van der Waals surface area contributed by atoms with Crippen molar-refractivity contribution in [3.8, 4) is 5.75 Å². The van der Waals surface area contributed by atoms with E-state index in [0.29, 0.717) is 23.7 Å². The van der Waals surface area contributed by atoms with Gasteiger partial charge in [-0.1, -0.05) is 25.5 Å². The number of hydrogen-bond donors (Lipinski definition) is 1. The molecule has 1 aromatic heterocycles. The maximum Gasteiger partial charge on any atom is 0.325 e. The molecule has 0 spiro atoms. The predicted octanol–water partition coefficient (Wildman–Crippen LogP) is 0.955. The van der Waals surface area contributed by atoms with E-state index in [4.69, 9.17) is 9.47 Å². The molecule has 9 heteroatoms. The molecule has 0 aliphatic rings. The highest BCUT2D eigenvalue weighted by Gasteiger charge is 2.14. The summed E-state index contributed by atoms with van der Waals surface area (Å²) in [6, 6.07) is 6.75. The molecule has 0 unspecified atom stereocenters. The number of amides is 1. The van der Waals surface area contributed by atoms with Crippen LogP contribution in [0.4, 0.5) is 0 Å². The standard InChI is InChI=1S/C16H21N5O4/c1-3-4-9-21-14(18-19-20-21)11-25-15(22)10-17-16(23)12-7-5-6-8-13(12)24-2/h5-8H,3-4,9-11H2,1-2H3,(H,17,23). The Morgan fingerprint density at radius 3 is 2.84 bits per heavy atom. The first-order valence-corrected chi connectivity index (χ1v) is 7.97. The SMILES string of the molecule is CCCCn1nnnc1COC(=O)CNC(=O)c1ccccc1OC. The summed E-state index contributed by atoms with van der Waals surface area (Å²) in [6.07, 6.45) is 1.94. The summed E-state index contributed by atoms with van der Waals surface area (Å²) in [7, 11) is 1.48. The number of unbranched alkanes of at least 4 members (excludes halogenated alkanes) is 1. The molecule has 0 saturated heterocycles. The largest absolute Gasteiger partial charge is 0.496 e. The lowest BCUT2D eigenvalue weighted by Crippen LogP contribution is -2.31. The van der Waals surface area contributed by atoms with Gasteiger partial charge in [0.25, 0.3) is 5.91 Å². The molecule has 0 aliphatic carbocycles. The number of hydrogen-bond acceptors (Lipinski definition) is 7. The Kier molecular flexibility index (Phi) is 6.87. The number of ether oxygens (including phenoxy) is 2. The van der Waals surface area contributed by atoms with E-state index in [2.05, 4.69) is 27.8 Å². The molecule has 25 heavy (non-hydrogen) atoms. The number of rotatable bonds is 9. The summed E-state index contributed by atoms with van der Waals surface area (Å²) < 4.78 is 11.8. The number of aromatic nitrogens is 4. The first kappa shape index (κ1) is 18.4. The molecular formula is C16H21N5O4. The average Bonchev–Trinajstić information content (AvgIpc) is 3.09. The van der Waals surface area contributed by atoms with Gasteiger partial charge in [0.15, 0.2) is 12.4 Å². The predicted molar refractivity (Wildman–Crippen MR) is 87.8 cm³/mol. The fraction of sp³-hybridized carbons (Fsp3) is 0.438. The van der Waals surface area contributed by atoms with Crippen molar-refractivity contribution < 1.29 is 19.1 Å². The third kappa shape index (κ3) is 5.27. The van der Waals surface area contributed by atoms with Crippen molar-refractivity contribution in [1.82, 2.24) is 25.5 Å². The van der Waals surface area contributed by atoms with Crippen LogP contribution in [0.3, 0.4) is 0 Å². The number of carbonyl (C=O) groups is 2. The second-order valence-electron chi connectivity index (χ2n) is 5.22. The molecule has 0 atom stereocenters. The van der Waals surface area contributed by atoms with Crippen LogP contribution in [0.15, 0.2) is 24.3 Å². The van der Waals surface area contributed by atoms with Crippen molar-refractivity contribution in [3.05, 3.63) is 35.7 Å². The highest BCUT2D eigenvalue weighted by atomic mass is 16.5. The Labute approximate surface area is 145 Å². The van der Waals surface area contributed by atoms with E-state index < -0.39 is 11.9 Å². The lowest BCUT2D eigenvalue weighted by molar-refractivity contribution is -0.144. The topological polar surface area (TPSA) is 108 Å². The van der Waals surface area contributed by atoms with Crippen LogP contribution in [0, 0.1) is 0 Å². The molecule has 2 aromatic rings. The third-order valence-corrected chi connectivity index (χ3v) is 3.44. The van der Waals surface area contributed by atoms with Gasteiger partial charge < -0.3 is 14.8 Å². The molecule has 1 heterocycles. The fourth-order valence-corrected chi connectivity index (χ4v) is 2.08. The number of nitrogens with one attached hydrogen (secondary N) is 1. The van der Waals surface area contributed by atoms with Crippen LogP contribution in [0.2, 0.25) is 0 Å². The molecular weight excluding hydrogens is 326 g/mol. The molecule has 1 aromatic carbocycles. The van der Waals surface area contributed by atoms with Gasteiger partial charge in [0.05, 0.1) is 12.7 Å². The van der Waals surface area contributed by atoms with Crippen LogP contribution in [-0.4, -0.2) is 45.7 Å². The molecule has 0 radical (unpaired) electrons. The van der Waals surface area contributed by atoms with E-state index in [-0.39, 0.29) is 13.2 Å². The van der Waals surface area contributed by atoms with Gasteiger partial charge in [0.2, 0.25) is 0 Å². The summed E-state index contributed by atoms with van der Waals surface area (Å²) >= 11 is 0. The zero-order valence-electron chi connectivity index (χ0n) is 14.3. The Morgan fingerprint density at radius 1 is 1.28 bits per heavy atom. The molecule has 1 amide bonds. The van der Waals surface area contributed by atoms with Crippen LogP contribution in [0.1, 0.15) is 35.9 Å². The minimum Gasteiger partial charge on any atom is -0.496 e. The summed E-state index contributed by atoms with van der Waals surface area (Å²) in [5.41, 5.74) is 0.348. The number of esters is 1. The van der Waals surface area contributed by atoms with Crippen molar-refractivity contribution in [3.63, 3.8) is 0 Å².